The Labute approximate surface area is 151 Å². The summed E-state index contributed by atoms with van der Waals surface area (Å²) >= 11 is 0. The summed E-state index contributed by atoms with van der Waals surface area (Å²) in [6, 6.07) is 6.55. The molecule has 26 heavy (non-hydrogen) atoms. The van der Waals surface area contributed by atoms with E-state index in [0.717, 1.165) is 10.9 Å². The predicted molar refractivity (Wildman–Crippen MR) is 96.3 cm³/mol. The van der Waals surface area contributed by atoms with Crippen molar-refractivity contribution in [2.75, 3.05) is 7.11 Å². The van der Waals surface area contributed by atoms with Gasteiger partial charge in [0, 0.05) is 35.8 Å². The lowest BCUT2D eigenvalue weighted by molar-refractivity contribution is -0.176. The second-order valence-electron chi connectivity index (χ2n) is 6.84. The van der Waals surface area contributed by atoms with Crippen molar-refractivity contribution in [3.05, 3.63) is 51.9 Å². The molecule has 2 atom stereocenters. The first-order valence-corrected chi connectivity index (χ1v) is 8.40. The summed E-state index contributed by atoms with van der Waals surface area (Å²) in [5.41, 5.74) is 0.428. The summed E-state index contributed by atoms with van der Waals surface area (Å²) in [6.45, 7) is 7.14. The molecule has 0 amide bonds. The molecule has 1 aromatic carbocycles. The topological polar surface area (TPSA) is 75.0 Å². The van der Waals surface area contributed by atoms with Crippen LogP contribution in [-0.2, 0) is 14.3 Å². The van der Waals surface area contributed by atoms with Crippen molar-refractivity contribution in [3.8, 4) is 5.75 Å². The number of carbonyl (C=O) groups is 1. The van der Waals surface area contributed by atoms with Crippen LogP contribution in [0.4, 0.5) is 0 Å². The highest BCUT2D eigenvalue weighted by molar-refractivity contribution is 5.88. The normalized spacial score (nSPS) is 21.8. The Bertz CT molecular complexity index is 937. The Morgan fingerprint density at radius 2 is 2.00 bits per heavy atom. The van der Waals surface area contributed by atoms with Gasteiger partial charge in [0.1, 0.15) is 23.0 Å². The van der Waals surface area contributed by atoms with E-state index in [2.05, 4.69) is 0 Å². The van der Waals surface area contributed by atoms with Gasteiger partial charge in [-0.05, 0) is 39.8 Å². The van der Waals surface area contributed by atoms with E-state index in [9.17, 15) is 9.59 Å². The second kappa shape index (κ2) is 6.61. The van der Waals surface area contributed by atoms with Crippen LogP contribution in [0.25, 0.3) is 11.0 Å². The molecule has 2 heterocycles. The molecule has 2 unspecified atom stereocenters. The highest BCUT2D eigenvalue weighted by atomic mass is 16.6. The van der Waals surface area contributed by atoms with Crippen molar-refractivity contribution in [2.45, 2.75) is 45.5 Å². The summed E-state index contributed by atoms with van der Waals surface area (Å²) in [6.07, 6.45) is 0.541. The van der Waals surface area contributed by atoms with Gasteiger partial charge < -0.3 is 18.6 Å². The fourth-order valence-corrected chi connectivity index (χ4v) is 3.07. The zero-order valence-corrected chi connectivity index (χ0v) is 15.5. The van der Waals surface area contributed by atoms with Gasteiger partial charge in [-0.3, -0.25) is 0 Å². The number of ether oxygens (including phenoxy) is 3. The largest absolute Gasteiger partial charge is 0.483 e. The van der Waals surface area contributed by atoms with E-state index >= 15 is 0 Å². The van der Waals surface area contributed by atoms with Crippen LogP contribution in [0.15, 0.2) is 45.1 Å². The van der Waals surface area contributed by atoms with Crippen LogP contribution >= 0.6 is 0 Å². The monoisotopic (exact) mass is 358 g/mol. The van der Waals surface area contributed by atoms with Crippen molar-refractivity contribution in [1.82, 2.24) is 0 Å². The van der Waals surface area contributed by atoms with Crippen molar-refractivity contribution in [2.24, 2.45) is 0 Å². The van der Waals surface area contributed by atoms with Crippen molar-refractivity contribution < 1.29 is 23.4 Å². The molecule has 1 aromatic heterocycles. The number of esters is 1. The minimum atomic E-state index is -0.833. The van der Waals surface area contributed by atoms with Gasteiger partial charge in [0.15, 0.2) is 6.10 Å². The number of carbonyl (C=O) groups excluding carboxylic acids is 1. The van der Waals surface area contributed by atoms with Crippen LogP contribution in [0, 0.1) is 0 Å². The van der Waals surface area contributed by atoms with Gasteiger partial charge in [0.2, 0.25) is 0 Å². The Balaban J connectivity index is 2.09. The molecular formula is C20H22O6. The number of rotatable bonds is 3. The molecule has 1 aliphatic rings. The lowest BCUT2D eigenvalue weighted by atomic mass is 9.87. The summed E-state index contributed by atoms with van der Waals surface area (Å²) in [5.74, 6) is 0.130. The quantitative estimate of drug-likeness (QED) is 0.475. The van der Waals surface area contributed by atoms with Gasteiger partial charge in [0.25, 0.3) is 0 Å². The maximum atomic E-state index is 12.3. The molecule has 0 saturated heterocycles. The fraction of sp³-hybridized carbons (Fsp3) is 0.400. The summed E-state index contributed by atoms with van der Waals surface area (Å²) in [7, 11) is 1.56. The molecule has 0 aliphatic carbocycles. The van der Waals surface area contributed by atoms with E-state index in [1.54, 1.807) is 39.2 Å². The molecule has 3 rings (SSSR count). The molecule has 0 spiro atoms. The molecule has 6 nitrogen and oxygen atoms in total. The Kier molecular flexibility index (Phi) is 4.63. The fourth-order valence-electron chi connectivity index (χ4n) is 3.07. The smallest absolute Gasteiger partial charge is 0.336 e. The third-order valence-corrected chi connectivity index (χ3v) is 4.63. The van der Waals surface area contributed by atoms with E-state index < -0.39 is 29.4 Å². The molecular weight excluding hydrogens is 336 g/mol. The molecule has 0 fully saturated rings. The summed E-state index contributed by atoms with van der Waals surface area (Å²) in [5, 5.41) is 0.739. The Hall–Kier alpha value is -2.60. The summed E-state index contributed by atoms with van der Waals surface area (Å²) in [4.78, 5) is 23.8. The van der Waals surface area contributed by atoms with Gasteiger partial charge in [-0.2, -0.15) is 0 Å². The number of benzene rings is 1. The number of methoxy groups -OCH3 is 1. The molecule has 6 heteroatoms. The maximum absolute atomic E-state index is 12.3. The molecule has 138 valence electrons. The molecule has 2 aromatic rings. The lowest BCUT2D eigenvalue weighted by Crippen LogP contribution is -2.51. The van der Waals surface area contributed by atoms with Gasteiger partial charge in [0.05, 0.1) is 0 Å². The number of fused-ring (bicyclic) bond motifs is 2. The van der Waals surface area contributed by atoms with Crippen LogP contribution < -0.4 is 10.4 Å². The average Bonchev–Trinajstić information content (AvgIpc) is 2.59. The van der Waals surface area contributed by atoms with Crippen molar-refractivity contribution >= 4 is 16.9 Å². The SMILES string of the molecule is CC=C(C)C(=O)OC1C(OC)c2cc3ccc(=O)oc3cc2OC1(C)C. The molecule has 0 bridgehead atoms. The zero-order valence-electron chi connectivity index (χ0n) is 15.5. The van der Waals surface area contributed by atoms with E-state index in [0.29, 0.717) is 16.9 Å². The zero-order chi connectivity index (χ0) is 19.1. The Morgan fingerprint density at radius 1 is 1.27 bits per heavy atom. The first-order valence-electron chi connectivity index (χ1n) is 8.40. The first kappa shape index (κ1) is 18.2. The Morgan fingerprint density at radius 3 is 2.65 bits per heavy atom. The van der Waals surface area contributed by atoms with Gasteiger partial charge in [-0.15, -0.1) is 0 Å². The van der Waals surface area contributed by atoms with Crippen LogP contribution in [0.2, 0.25) is 0 Å². The van der Waals surface area contributed by atoms with Gasteiger partial charge in [-0.25, -0.2) is 9.59 Å². The van der Waals surface area contributed by atoms with Crippen LogP contribution in [0.3, 0.4) is 0 Å². The second-order valence-corrected chi connectivity index (χ2v) is 6.84. The van der Waals surface area contributed by atoms with E-state index in [-0.39, 0.29) is 0 Å². The van der Waals surface area contributed by atoms with E-state index in [4.69, 9.17) is 18.6 Å². The van der Waals surface area contributed by atoms with E-state index in [1.807, 2.05) is 19.9 Å². The van der Waals surface area contributed by atoms with Crippen LogP contribution in [-0.4, -0.2) is 24.8 Å². The third-order valence-electron chi connectivity index (χ3n) is 4.63. The van der Waals surface area contributed by atoms with Gasteiger partial charge >= 0.3 is 11.6 Å². The lowest BCUT2D eigenvalue weighted by Gasteiger charge is -2.43. The average molecular weight is 358 g/mol. The molecule has 1 aliphatic heterocycles. The minimum Gasteiger partial charge on any atom is -0.483 e. The maximum Gasteiger partial charge on any atom is 0.336 e. The molecule has 0 N–H and O–H groups in total. The first-order chi connectivity index (χ1) is 12.3. The molecule has 0 saturated carbocycles. The third kappa shape index (κ3) is 3.12. The number of allylic oxidation sites excluding steroid dienone is 1. The highest BCUT2D eigenvalue weighted by Crippen LogP contribution is 2.44. The van der Waals surface area contributed by atoms with Crippen LogP contribution in [0.5, 0.6) is 5.75 Å². The predicted octanol–water partition coefficient (Wildman–Crippen LogP) is 3.53. The van der Waals surface area contributed by atoms with Crippen molar-refractivity contribution in [1.29, 1.82) is 0 Å². The number of hydrogen-bond acceptors (Lipinski definition) is 6. The summed E-state index contributed by atoms with van der Waals surface area (Å²) < 4.78 is 22.7. The number of hydrogen-bond donors (Lipinski definition) is 0. The standard InChI is InChI=1S/C20H22O6/c1-6-11(2)19(22)25-18-17(23-5)13-9-12-7-8-16(21)24-14(12)10-15(13)26-20(18,3)4/h6-10,17-18H,1-5H3. The van der Waals surface area contributed by atoms with Crippen LogP contribution in [0.1, 0.15) is 39.4 Å². The van der Waals surface area contributed by atoms with E-state index in [1.165, 1.54) is 6.07 Å². The van der Waals surface area contributed by atoms with Gasteiger partial charge in [-0.1, -0.05) is 6.08 Å². The minimum absolute atomic E-state index is 0.411. The van der Waals surface area contributed by atoms with Crippen molar-refractivity contribution in [3.63, 3.8) is 0 Å². The molecule has 0 radical (unpaired) electrons. The highest BCUT2D eigenvalue weighted by Gasteiger charge is 2.47.